The Morgan fingerprint density at radius 1 is 1.20 bits per heavy atom. The fraction of sp³-hybridized carbons (Fsp3) is 0.429. The van der Waals surface area contributed by atoms with Gasteiger partial charge in [-0.2, -0.15) is 0 Å². The molecule has 3 aromatic rings. The molecule has 7 nitrogen and oxygen atoms in total. The van der Waals surface area contributed by atoms with Crippen molar-refractivity contribution >= 4 is 22.6 Å². The third-order valence-electron chi connectivity index (χ3n) is 5.40. The minimum Gasteiger partial charge on any atom is -0.441 e. The summed E-state index contributed by atoms with van der Waals surface area (Å²) in [6.45, 7) is 1.48. The van der Waals surface area contributed by atoms with Gasteiger partial charge < -0.3 is 15.1 Å². The first-order chi connectivity index (χ1) is 14.5. The van der Waals surface area contributed by atoms with Gasteiger partial charge in [0, 0.05) is 29.8 Å². The second-order valence-electron chi connectivity index (χ2n) is 7.58. The molecule has 1 saturated carbocycles. The van der Waals surface area contributed by atoms with Crippen LogP contribution in [-0.2, 0) is 4.79 Å². The maximum absolute atomic E-state index is 12.6. The molecule has 4 rings (SSSR count). The van der Waals surface area contributed by atoms with E-state index in [0.717, 1.165) is 10.9 Å². The summed E-state index contributed by atoms with van der Waals surface area (Å²) in [7, 11) is 0. The van der Waals surface area contributed by atoms with E-state index in [0.29, 0.717) is 48.7 Å². The van der Waals surface area contributed by atoms with Gasteiger partial charge in [-0.1, -0.05) is 0 Å². The van der Waals surface area contributed by atoms with E-state index >= 15 is 0 Å². The van der Waals surface area contributed by atoms with Crippen molar-refractivity contribution in [2.24, 2.45) is 5.92 Å². The maximum Gasteiger partial charge on any atom is 0.250 e. The van der Waals surface area contributed by atoms with Gasteiger partial charge in [-0.25, -0.2) is 13.8 Å². The van der Waals surface area contributed by atoms with Crippen LogP contribution in [0, 0.1) is 12.8 Å². The summed E-state index contributed by atoms with van der Waals surface area (Å²) >= 11 is 0. The van der Waals surface area contributed by atoms with E-state index < -0.39 is 6.43 Å². The van der Waals surface area contributed by atoms with E-state index in [1.165, 1.54) is 0 Å². The first-order valence-electron chi connectivity index (χ1n) is 10.0. The predicted molar refractivity (Wildman–Crippen MR) is 108 cm³/mol. The van der Waals surface area contributed by atoms with Crippen molar-refractivity contribution < 1.29 is 18.0 Å². The minimum absolute atomic E-state index is 0.0432. The molecule has 1 aliphatic rings. The summed E-state index contributed by atoms with van der Waals surface area (Å²) in [5.74, 6) is 1.36. The molecule has 0 spiro atoms. The zero-order valence-corrected chi connectivity index (χ0v) is 16.6. The molecular weight excluding hydrogens is 392 g/mol. The van der Waals surface area contributed by atoms with Crippen LogP contribution in [0.5, 0.6) is 0 Å². The zero-order valence-electron chi connectivity index (χ0n) is 16.6. The number of hydrogen-bond acceptors (Lipinski definition) is 6. The number of nitrogens with zero attached hydrogens (tertiary/aromatic N) is 3. The maximum atomic E-state index is 12.6. The number of benzene rings is 1. The van der Waals surface area contributed by atoms with Crippen LogP contribution in [0.3, 0.4) is 0 Å². The Labute approximate surface area is 172 Å². The third-order valence-corrected chi connectivity index (χ3v) is 5.40. The number of amides is 1. The Morgan fingerprint density at radius 3 is 2.70 bits per heavy atom. The lowest BCUT2D eigenvalue weighted by Crippen LogP contribution is -2.38. The molecule has 30 heavy (non-hydrogen) atoms. The SMILES string of the molecule is Cc1ncc(-c2ccc3nnc(NC(=O)[C@H]4CC[C@H](NCC(F)F)CC4)cc3c2)o1. The zero-order chi connectivity index (χ0) is 21.1. The number of anilines is 1. The van der Waals surface area contributed by atoms with E-state index in [4.69, 9.17) is 4.42 Å². The quantitative estimate of drug-likeness (QED) is 0.633. The van der Waals surface area contributed by atoms with Crippen LogP contribution in [0.25, 0.3) is 22.2 Å². The number of rotatable bonds is 6. The topological polar surface area (TPSA) is 92.9 Å². The number of aromatic nitrogens is 3. The summed E-state index contributed by atoms with van der Waals surface area (Å²) in [6, 6.07) is 7.47. The molecule has 9 heteroatoms. The summed E-state index contributed by atoms with van der Waals surface area (Å²) in [4.78, 5) is 16.7. The van der Waals surface area contributed by atoms with E-state index in [1.54, 1.807) is 19.2 Å². The molecule has 1 aromatic carbocycles. The Hall–Kier alpha value is -2.94. The normalized spacial score (nSPS) is 19.3. The second kappa shape index (κ2) is 8.83. The monoisotopic (exact) mass is 415 g/mol. The van der Waals surface area contributed by atoms with Crippen molar-refractivity contribution in [1.82, 2.24) is 20.5 Å². The molecule has 2 heterocycles. The van der Waals surface area contributed by atoms with Crippen LogP contribution in [0.2, 0.25) is 0 Å². The third kappa shape index (κ3) is 4.79. The number of fused-ring (bicyclic) bond motifs is 1. The molecule has 0 unspecified atom stereocenters. The highest BCUT2D eigenvalue weighted by molar-refractivity contribution is 5.94. The van der Waals surface area contributed by atoms with E-state index in [2.05, 4.69) is 25.8 Å². The molecule has 158 valence electrons. The van der Waals surface area contributed by atoms with Crippen molar-refractivity contribution in [1.29, 1.82) is 0 Å². The second-order valence-corrected chi connectivity index (χ2v) is 7.58. The number of carbonyl (C=O) groups excluding carboxylic acids is 1. The van der Waals surface area contributed by atoms with Gasteiger partial charge in [-0.05, 0) is 49.9 Å². The standard InChI is InChI=1S/C21H23F2N5O2/c1-12-24-10-18(30-12)14-4-7-17-15(8-14)9-20(28-27-17)26-21(29)13-2-5-16(6-3-13)25-11-19(22)23/h4,7-10,13,16,19,25H,2-3,5-6,11H2,1H3,(H,26,28,29)/t13-,16-. The number of nitrogens with one attached hydrogen (secondary N) is 2. The van der Waals surface area contributed by atoms with Crippen molar-refractivity contribution in [3.8, 4) is 11.3 Å². The lowest BCUT2D eigenvalue weighted by molar-refractivity contribution is -0.120. The lowest BCUT2D eigenvalue weighted by atomic mass is 9.85. The first kappa shape index (κ1) is 20.3. The highest BCUT2D eigenvalue weighted by Crippen LogP contribution is 2.27. The smallest absolute Gasteiger partial charge is 0.250 e. The highest BCUT2D eigenvalue weighted by Gasteiger charge is 2.26. The Bertz CT molecular complexity index is 1030. The van der Waals surface area contributed by atoms with Gasteiger partial charge in [-0.3, -0.25) is 4.79 Å². The van der Waals surface area contributed by atoms with Gasteiger partial charge in [0.15, 0.2) is 17.5 Å². The molecule has 1 amide bonds. The summed E-state index contributed by atoms with van der Waals surface area (Å²) in [6.07, 6.45) is 2.03. The van der Waals surface area contributed by atoms with Gasteiger partial charge in [0.05, 0.1) is 18.3 Å². The summed E-state index contributed by atoms with van der Waals surface area (Å²) in [5, 5.41) is 14.8. The van der Waals surface area contributed by atoms with Crippen molar-refractivity contribution in [3.63, 3.8) is 0 Å². The molecule has 0 saturated heterocycles. The van der Waals surface area contributed by atoms with Crippen LogP contribution in [0.15, 0.2) is 34.9 Å². The average molecular weight is 415 g/mol. The van der Waals surface area contributed by atoms with Gasteiger partial charge in [0.25, 0.3) is 6.43 Å². The van der Waals surface area contributed by atoms with Crippen LogP contribution in [0.4, 0.5) is 14.6 Å². The molecule has 0 aliphatic heterocycles. The molecule has 0 bridgehead atoms. The molecule has 2 N–H and O–H groups in total. The molecule has 1 fully saturated rings. The Morgan fingerprint density at radius 2 is 2.00 bits per heavy atom. The number of carbonyl (C=O) groups is 1. The van der Waals surface area contributed by atoms with E-state index in [1.807, 2.05) is 18.2 Å². The minimum atomic E-state index is -2.36. The van der Waals surface area contributed by atoms with Gasteiger partial charge in [0.2, 0.25) is 5.91 Å². The number of aryl methyl sites for hydroxylation is 1. The number of halogens is 2. The fourth-order valence-electron chi connectivity index (χ4n) is 3.80. The van der Waals surface area contributed by atoms with Gasteiger partial charge in [0.1, 0.15) is 0 Å². The first-order valence-corrected chi connectivity index (χ1v) is 10.0. The Balaban J connectivity index is 1.40. The largest absolute Gasteiger partial charge is 0.441 e. The van der Waals surface area contributed by atoms with Crippen molar-refractivity contribution in [2.45, 2.75) is 45.1 Å². The Kier molecular flexibility index (Phi) is 5.98. The molecule has 2 aromatic heterocycles. The summed E-state index contributed by atoms with van der Waals surface area (Å²) in [5.41, 5.74) is 1.57. The van der Waals surface area contributed by atoms with E-state index in [9.17, 15) is 13.6 Å². The van der Waals surface area contributed by atoms with Gasteiger partial charge in [-0.15, -0.1) is 10.2 Å². The molecular formula is C21H23F2N5O2. The molecule has 1 aliphatic carbocycles. The predicted octanol–water partition coefficient (Wildman–Crippen LogP) is 3.95. The van der Waals surface area contributed by atoms with Crippen LogP contribution in [-0.4, -0.2) is 40.1 Å². The lowest BCUT2D eigenvalue weighted by Gasteiger charge is -2.28. The summed E-state index contributed by atoms with van der Waals surface area (Å²) < 4.78 is 30.2. The van der Waals surface area contributed by atoms with Crippen LogP contribution >= 0.6 is 0 Å². The van der Waals surface area contributed by atoms with Crippen molar-refractivity contribution in [3.05, 3.63) is 36.4 Å². The number of alkyl halides is 2. The average Bonchev–Trinajstić information content (AvgIpc) is 3.18. The number of hydrogen-bond donors (Lipinski definition) is 2. The highest BCUT2D eigenvalue weighted by atomic mass is 19.3. The number of oxazole rings is 1. The fourth-order valence-corrected chi connectivity index (χ4v) is 3.80. The van der Waals surface area contributed by atoms with Crippen molar-refractivity contribution in [2.75, 3.05) is 11.9 Å². The van der Waals surface area contributed by atoms with Crippen LogP contribution < -0.4 is 10.6 Å². The van der Waals surface area contributed by atoms with Crippen LogP contribution in [0.1, 0.15) is 31.6 Å². The molecule has 0 atom stereocenters. The molecule has 0 radical (unpaired) electrons. The van der Waals surface area contributed by atoms with E-state index in [-0.39, 0.29) is 24.4 Å². The van der Waals surface area contributed by atoms with Gasteiger partial charge >= 0.3 is 0 Å².